The van der Waals surface area contributed by atoms with E-state index in [0.717, 1.165) is 0 Å². The summed E-state index contributed by atoms with van der Waals surface area (Å²) in [7, 11) is 0. The lowest BCUT2D eigenvalue weighted by Gasteiger charge is -2.00. The van der Waals surface area contributed by atoms with Gasteiger partial charge in [-0.25, -0.2) is 0 Å². The quantitative estimate of drug-likeness (QED) is 0.606. The van der Waals surface area contributed by atoms with E-state index >= 15 is 0 Å². The van der Waals surface area contributed by atoms with Gasteiger partial charge in [-0.1, -0.05) is 17.7 Å². The Bertz CT molecular complexity index is 523. The van der Waals surface area contributed by atoms with Crippen LogP contribution in [0.3, 0.4) is 0 Å². The van der Waals surface area contributed by atoms with Gasteiger partial charge in [0, 0.05) is 11.1 Å². The molecule has 1 aromatic heterocycles. The van der Waals surface area contributed by atoms with Crippen LogP contribution in [0, 0.1) is 10.1 Å². The van der Waals surface area contributed by atoms with Gasteiger partial charge in [-0.15, -0.1) is 0 Å². The third-order valence-electron chi connectivity index (χ3n) is 1.76. The molecule has 2 rings (SSSR count). The van der Waals surface area contributed by atoms with Crippen molar-refractivity contribution in [1.29, 1.82) is 0 Å². The number of furan rings is 1. The van der Waals surface area contributed by atoms with Crippen molar-refractivity contribution in [2.45, 2.75) is 0 Å². The number of nitrogens with zero attached hydrogens (tertiary/aromatic N) is 1. The first-order valence-electron chi connectivity index (χ1n) is 4.33. The molecule has 0 N–H and O–H groups in total. The van der Waals surface area contributed by atoms with Gasteiger partial charge in [0.1, 0.15) is 10.7 Å². The van der Waals surface area contributed by atoms with E-state index in [1.807, 2.05) is 0 Å². The normalized spacial score (nSPS) is 10.1. The molecule has 0 aliphatic rings. The summed E-state index contributed by atoms with van der Waals surface area (Å²) < 4.78 is 10.1. The molecule has 82 valence electrons. The zero-order valence-electron chi connectivity index (χ0n) is 7.92. The molecule has 0 atom stereocenters. The molecule has 1 aromatic carbocycles. The highest BCUT2D eigenvalue weighted by molar-refractivity contribution is 6.30. The van der Waals surface area contributed by atoms with Crippen LogP contribution in [0.4, 0.5) is 5.88 Å². The van der Waals surface area contributed by atoms with Crippen LogP contribution in [0.2, 0.25) is 5.02 Å². The fourth-order valence-corrected chi connectivity index (χ4v) is 1.29. The summed E-state index contributed by atoms with van der Waals surface area (Å²) in [5, 5.41) is 10.9. The first kappa shape index (κ1) is 10.5. The Hall–Kier alpha value is -2.01. The van der Waals surface area contributed by atoms with Crippen LogP contribution in [0.25, 0.3) is 0 Å². The highest BCUT2D eigenvalue weighted by Gasteiger charge is 2.12. The second-order valence-corrected chi connectivity index (χ2v) is 3.35. The summed E-state index contributed by atoms with van der Waals surface area (Å²) in [4.78, 5) is 9.72. The monoisotopic (exact) mass is 239 g/mol. The van der Waals surface area contributed by atoms with E-state index in [1.54, 1.807) is 24.3 Å². The average Bonchev–Trinajstić information content (AvgIpc) is 2.66. The van der Waals surface area contributed by atoms with Gasteiger partial charge in [0.25, 0.3) is 5.95 Å². The zero-order valence-corrected chi connectivity index (χ0v) is 8.68. The number of benzene rings is 1. The van der Waals surface area contributed by atoms with E-state index < -0.39 is 4.92 Å². The van der Waals surface area contributed by atoms with Gasteiger partial charge in [-0.2, -0.15) is 0 Å². The molecule has 6 heteroatoms. The summed E-state index contributed by atoms with van der Waals surface area (Å²) >= 11 is 5.75. The van der Waals surface area contributed by atoms with Gasteiger partial charge in [0.15, 0.2) is 0 Å². The molecule has 1 heterocycles. The zero-order chi connectivity index (χ0) is 11.5. The van der Waals surface area contributed by atoms with Crippen molar-refractivity contribution in [3.63, 3.8) is 0 Å². The van der Waals surface area contributed by atoms with E-state index in [4.69, 9.17) is 20.8 Å². The smallest absolute Gasteiger partial charge is 0.426 e. The fraction of sp³-hybridized carbons (Fsp3) is 0. The minimum atomic E-state index is -0.634. The molecule has 0 bridgehead atoms. The van der Waals surface area contributed by atoms with Gasteiger partial charge >= 0.3 is 5.88 Å². The second kappa shape index (κ2) is 4.24. The molecule has 2 aromatic rings. The highest BCUT2D eigenvalue weighted by atomic mass is 35.5. The van der Waals surface area contributed by atoms with Gasteiger partial charge in [0.05, 0.1) is 6.07 Å². The van der Waals surface area contributed by atoms with E-state index in [0.29, 0.717) is 10.8 Å². The van der Waals surface area contributed by atoms with Gasteiger partial charge in [0.2, 0.25) is 0 Å². The maximum atomic E-state index is 10.4. The molecular weight excluding hydrogens is 234 g/mol. The minimum absolute atomic E-state index is 0.0500. The summed E-state index contributed by atoms with van der Waals surface area (Å²) in [5.41, 5.74) is 0. The standard InChI is InChI=1S/C10H6ClNO4/c11-7-2-1-3-8(6-7)15-10-5-4-9(16-10)12(13)14/h1-6H. The van der Waals surface area contributed by atoms with Crippen LogP contribution in [-0.2, 0) is 0 Å². The Morgan fingerprint density at radius 1 is 1.31 bits per heavy atom. The molecule has 0 fully saturated rings. The molecule has 5 nitrogen and oxygen atoms in total. The van der Waals surface area contributed by atoms with Crippen LogP contribution >= 0.6 is 11.6 Å². The van der Waals surface area contributed by atoms with E-state index in [-0.39, 0.29) is 11.8 Å². The Morgan fingerprint density at radius 3 is 2.75 bits per heavy atom. The number of hydrogen-bond donors (Lipinski definition) is 0. The Kier molecular flexibility index (Phi) is 2.78. The van der Waals surface area contributed by atoms with Gasteiger partial charge in [-0.05, 0) is 18.2 Å². The van der Waals surface area contributed by atoms with Crippen molar-refractivity contribution in [2.24, 2.45) is 0 Å². The van der Waals surface area contributed by atoms with Crippen LogP contribution in [0.5, 0.6) is 11.7 Å². The molecule has 0 saturated carbocycles. The lowest BCUT2D eigenvalue weighted by molar-refractivity contribution is -0.402. The largest absolute Gasteiger partial charge is 0.436 e. The van der Waals surface area contributed by atoms with E-state index in [1.165, 1.54) is 12.1 Å². The number of hydrogen-bond acceptors (Lipinski definition) is 4. The molecule has 0 spiro atoms. The summed E-state index contributed by atoms with van der Waals surface area (Å²) in [5.74, 6) is 0.141. The molecule has 0 radical (unpaired) electrons. The van der Waals surface area contributed by atoms with E-state index in [9.17, 15) is 10.1 Å². The van der Waals surface area contributed by atoms with Crippen LogP contribution in [-0.4, -0.2) is 4.92 Å². The van der Waals surface area contributed by atoms with Crippen LogP contribution in [0.1, 0.15) is 0 Å². The average molecular weight is 240 g/mol. The van der Waals surface area contributed by atoms with Crippen molar-refractivity contribution in [3.8, 4) is 11.7 Å². The number of nitro groups is 1. The summed E-state index contributed by atoms with van der Waals surface area (Å²) in [6.45, 7) is 0. The summed E-state index contributed by atoms with van der Waals surface area (Å²) in [6, 6.07) is 9.24. The van der Waals surface area contributed by atoms with Crippen molar-refractivity contribution in [2.75, 3.05) is 0 Å². The Morgan fingerprint density at radius 2 is 2.12 bits per heavy atom. The van der Waals surface area contributed by atoms with Crippen molar-refractivity contribution >= 4 is 17.5 Å². The van der Waals surface area contributed by atoms with Crippen molar-refractivity contribution in [3.05, 3.63) is 51.5 Å². The maximum Gasteiger partial charge on any atom is 0.436 e. The maximum absolute atomic E-state index is 10.4. The molecular formula is C10H6ClNO4. The number of rotatable bonds is 3. The first-order valence-corrected chi connectivity index (χ1v) is 4.70. The molecule has 0 unspecified atom stereocenters. The SMILES string of the molecule is O=[N+]([O-])c1ccc(Oc2cccc(Cl)c2)o1. The van der Waals surface area contributed by atoms with Crippen molar-refractivity contribution in [1.82, 2.24) is 0 Å². The molecule has 0 amide bonds. The van der Waals surface area contributed by atoms with Crippen molar-refractivity contribution < 1.29 is 14.1 Å². The molecule has 0 aliphatic carbocycles. The lowest BCUT2D eigenvalue weighted by Crippen LogP contribution is -1.83. The lowest BCUT2D eigenvalue weighted by atomic mass is 10.3. The van der Waals surface area contributed by atoms with Gasteiger partial charge in [-0.3, -0.25) is 10.1 Å². The first-order chi connectivity index (χ1) is 7.65. The van der Waals surface area contributed by atoms with E-state index in [2.05, 4.69) is 0 Å². The van der Waals surface area contributed by atoms with Crippen LogP contribution in [0.15, 0.2) is 40.8 Å². The highest BCUT2D eigenvalue weighted by Crippen LogP contribution is 2.28. The molecule has 0 saturated heterocycles. The topological polar surface area (TPSA) is 65.5 Å². The molecule has 0 aliphatic heterocycles. The second-order valence-electron chi connectivity index (χ2n) is 2.91. The minimum Gasteiger partial charge on any atom is -0.426 e. The third kappa shape index (κ3) is 2.32. The Labute approximate surface area is 95.4 Å². The predicted molar refractivity (Wildman–Crippen MR) is 56.9 cm³/mol. The number of halogens is 1. The predicted octanol–water partition coefficient (Wildman–Crippen LogP) is 3.63. The summed E-state index contributed by atoms with van der Waals surface area (Å²) in [6.07, 6.45) is 0. The Balaban J connectivity index is 2.17. The number of ether oxygens (including phenoxy) is 1. The fourth-order valence-electron chi connectivity index (χ4n) is 1.11. The van der Waals surface area contributed by atoms with Gasteiger partial charge < -0.3 is 9.15 Å². The third-order valence-corrected chi connectivity index (χ3v) is 2.00. The molecule has 16 heavy (non-hydrogen) atoms. The van der Waals surface area contributed by atoms with Crippen LogP contribution < -0.4 is 4.74 Å².